The molecule has 0 amide bonds. The molecule has 0 aliphatic rings. The van der Waals surface area contributed by atoms with E-state index >= 15 is 0 Å². The molecule has 0 radical (unpaired) electrons. The van der Waals surface area contributed by atoms with Crippen molar-refractivity contribution in [3.63, 3.8) is 0 Å². The quantitative estimate of drug-likeness (QED) is 0.692. The molecule has 0 saturated carbocycles. The molecule has 0 heterocycles. The van der Waals surface area contributed by atoms with Crippen LogP contribution < -0.4 is 9.47 Å². The molecule has 3 heteroatoms. The minimum Gasteiger partial charge on any atom is -0.490 e. The molecule has 1 atom stereocenters. The fraction of sp³-hybridized carbons (Fsp3) is 0.600. The Labute approximate surface area is 119 Å². The molecule has 2 nitrogen and oxygen atoms in total. The second-order valence-corrected chi connectivity index (χ2v) is 5.79. The third kappa shape index (κ3) is 4.52. The summed E-state index contributed by atoms with van der Waals surface area (Å²) in [6.07, 6.45) is 1.00. The molecule has 0 bridgehead atoms. The van der Waals surface area contributed by atoms with Crippen molar-refractivity contribution in [1.82, 2.24) is 0 Å². The lowest BCUT2D eigenvalue weighted by Crippen LogP contribution is -2.10. The van der Waals surface area contributed by atoms with Crippen molar-refractivity contribution in [2.75, 3.05) is 13.2 Å². The first-order valence-corrected chi connectivity index (χ1v) is 7.52. The Balaban J connectivity index is 2.85. The summed E-state index contributed by atoms with van der Waals surface area (Å²) < 4.78 is 11.2. The average molecular weight is 315 g/mol. The summed E-state index contributed by atoms with van der Waals surface area (Å²) >= 11 is 3.72. The maximum absolute atomic E-state index is 5.63. The highest BCUT2D eigenvalue weighted by Crippen LogP contribution is 2.30. The fourth-order valence-corrected chi connectivity index (χ4v) is 2.06. The molecule has 0 fully saturated rings. The highest BCUT2D eigenvalue weighted by molar-refractivity contribution is 9.09. The number of halogens is 1. The summed E-state index contributed by atoms with van der Waals surface area (Å²) in [7, 11) is 0. The van der Waals surface area contributed by atoms with Gasteiger partial charge >= 0.3 is 0 Å². The van der Waals surface area contributed by atoms with Gasteiger partial charge in [0.2, 0.25) is 0 Å². The van der Waals surface area contributed by atoms with Crippen molar-refractivity contribution in [2.45, 2.75) is 38.9 Å². The summed E-state index contributed by atoms with van der Waals surface area (Å²) in [5.41, 5.74) is 1.28. The number of ether oxygens (including phenoxy) is 2. The van der Waals surface area contributed by atoms with E-state index < -0.39 is 0 Å². The van der Waals surface area contributed by atoms with E-state index in [1.165, 1.54) is 5.56 Å². The molecule has 18 heavy (non-hydrogen) atoms. The van der Waals surface area contributed by atoms with Crippen LogP contribution in [-0.4, -0.2) is 18.0 Å². The van der Waals surface area contributed by atoms with Crippen LogP contribution in [0.25, 0.3) is 0 Å². The van der Waals surface area contributed by atoms with Gasteiger partial charge in [0, 0.05) is 4.83 Å². The number of rotatable bonds is 7. The predicted molar refractivity (Wildman–Crippen MR) is 80.0 cm³/mol. The zero-order valence-corrected chi connectivity index (χ0v) is 13.3. The van der Waals surface area contributed by atoms with Crippen LogP contribution in [0.1, 0.15) is 33.3 Å². The van der Waals surface area contributed by atoms with Crippen LogP contribution in [0.2, 0.25) is 0 Å². The van der Waals surface area contributed by atoms with Crippen LogP contribution in [0.15, 0.2) is 18.2 Å². The summed E-state index contributed by atoms with van der Waals surface area (Å²) in [5, 5.41) is 0. The van der Waals surface area contributed by atoms with Gasteiger partial charge in [0.1, 0.15) is 0 Å². The molecule has 0 N–H and O–H groups in total. The monoisotopic (exact) mass is 314 g/mol. The van der Waals surface area contributed by atoms with E-state index in [0.717, 1.165) is 17.9 Å². The van der Waals surface area contributed by atoms with Crippen LogP contribution in [0.5, 0.6) is 11.5 Å². The van der Waals surface area contributed by atoms with Crippen LogP contribution in [-0.2, 0) is 6.42 Å². The number of benzene rings is 1. The van der Waals surface area contributed by atoms with E-state index in [9.17, 15) is 0 Å². The SMILES string of the molecule is CCOc1ccc(CC(Br)C(C)C)cc1OCC. The van der Waals surface area contributed by atoms with Crippen molar-refractivity contribution in [3.8, 4) is 11.5 Å². The molecular formula is C15H23BrO2. The summed E-state index contributed by atoms with van der Waals surface area (Å²) in [6.45, 7) is 9.73. The maximum Gasteiger partial charge on any atom is 0.161 e. The minimum atomic E-state index is 0.491. The van der Waals surface area contributed by atoms with Crippen LogP contribution in [0.3, 0.4) is 0 Å². The molecule has 1 unspecified atom stereocenters. The van der Waals surface area contributed by atoms with E-state index in [0.29, 0.717) is 24.0 Å². The molecule has 0 aliphatic heterocycles. The molecule has 0 saturated heterocycles. The summed E-state index contributed by atoms with van der Waals surface area (Å²) in [5.74, 6) is 2.30. The van der Waals surface area contributed by atoms with Crippen LogP contribution >= 0.6 is 15.9 Å². The van der Waals surface area contributed by atoms with Crippen molar-refractivity contribution < 1.29 is 9.47 Å². The fourth-order valence-electron chi connectivity index (χ4n) is 1.68. The van der Waals surface area contributed by atoms with E-state index in [-0.39, 0.29) is 0 Å². The van der Waals surface area contributed by atoms with Gasteiger partial charge in [0.05, 0.1) is 13.2 Å². The summed E-state index contributed by atoms with van der Waals surface area (Å²) in [4.78, 5) is 0.491. The van der Waals surface area contributed by atoms with E-state index in [4.69, 9.17) is 9.47 Å². The summed E-state index contributed by atoms with van der Waals surface area (Å²) in [6, 6.07) is 6.21. The van der Waals surface area contributed by atoms with Gasteiger partial charge in [-0.1, -0.05) is 35.8 Å². The van der Waals surface area contributed by atoms with Crippen molar-refractivity contribution in [1.29, 1.82) is 0 Å². The van der Waals surface area contributed by atoms with E-state index in [1.807, 2.05) is 19.9 Å². The first-order chi connectivity index (χ1) is 8.58. The Morgan fingerprint density at radius 2 is 1.67 bits per heavy atom. The van der Waals surface area contributed by atoms with Crippen molar-refractivity contribution >= 4 is 15.9 Å². The highest BCUT2D eigenvalue weighted by Gasteiger charge is 2.12. The lowest BCUT2D eigenvalue weighted by molar-refractivity contribution is 0.287. The van der Waals surface area contributed by atoms with Crippen molar-refractivity contribution in [2.24, 2.45) is 5.92 Å². The number of alkyl halides is 1. The third-order valence-electron chi connectivity index (χ3n) is 2.76. The van der Waals surface area contributed by atoms with E-state index in [1.54, 1.807) is 0 Å². The lowest BCUT2D eigenvalue weighted by atomic mass is 10.0. The third-order valence-corrected chi connectivity index (χ3v) is 4.14. The first-order valence-electron chi connectivity index (χ1n) is 6.61. The Hall–Kier alpha value is -0.700. The predicted octanol–water partition coefficient (Wildman–Crippen LogP) is 4.45. The second-order valence-electron chi connectivity index (χ2n) is 4.61. The van der Waals surface area contributed by atoms with Gasteiger partial charge in [-0.2, -0.15) is 0 Å². The van der Waals surface area contributed by atoms with Gasteiger partial charge in [0.15, 0.2) is 11.5 Å². The largest absolute Gasteiger partial charge is 0.490 e. The van der Waals surface area contributed by atoms with Gasteiger partial charge < -0.3 is 9.47 Å². The van der Waals surface area contributed by atoms with Crippen molar-refractivity contribution in [3.05, 3.63) is 23.8 Å². The van der Waals surface area contributed by atoms with Crippen LogP contribution in [0.4, 0.5) is 0 Å². The van der Waals surface area contributed by atoms with Crippen LogP contribution in [0, 0.1) is 5.92 Å². The molecule has 102 valence electrons. The Kier molecular flexibility index (Phi) is 6.55. The Morgan fingerprint density at radius 3 is 2.22 bits per heavy atom. The van der Waals surface area contributed by atoms with E-state index in [2.05, 4.69) is 41.9 Å². The standard InChI is InChI=1S/C15H23BrO2/c1-5-17-14-8-7-12(9-13(16)11(3)4)10-15(14)18-6-2/h7-8,10-11,13H,5-6,9H2,1-4H3. The smallest absolute Gasteiger partial charge is 0.161 e. The molecule has 1 rings (SSSR count). The topological polar surface area (TPSA) is 18.5 Å². The van der Waals surface area contributed by atoms with Gasteiger partial charge in [0.25, 0.3) is 0 Å². The number of hydrogen-bond donors (Lipinski definition) is 0. The normalized spacial score (nSPS) is 12.6. The maximum atomic E-state index is 5.63. The van der Waals surface area contributed by atoms with Gasteiger partial charge in [-0.3, -0.25) is 0 Å². The average Bonchev–Trinajstić information content (AvgIpc) is 2.33. The minimum absolute atomic E-state index is 0.491. The molecule has 1 aromatic carbocycles. The molecule has 0 aromatic heterocycles. The first kappa shape index (κ1) is 15.4. The lowest BCUT2D eigenvalue weighted by Gasteiger charge is -2.16. The van der Waals surface area contributed by atoms with Gasteiger partial charge in [-0.25, -0.2) is 0 Å². The molecular weight excluding hydrogens is 292 g/mol. The zero-order valence-electron chi connectivity index (χ0n) is 11.7. The number of hydrogen-bond acceptors (Lipinski definition) is 2. The van der Waals surface area contributed by atoms with Gasteiger partial charge in [-0.05, 0) is 43.9 Å². The Bertz CT molecular complexity index is 364. The molecule has 0 aliphatic carbocycles. The zero-order chi connectivity index (χ0) is 13.5. The van der Waals surface area contributed by atoms with Gasteiger partial charge in [-0.15, -0.1) is 0 Å². The molecule has 0 spiro atoms. The Morgan fingerprint density at radius 1 is 1.06 bits per heavy atom. The second kappa shape index (κ2) is 7.67. The highest BCUT2D eigenvalue weighted by atomic mass is 79.9. The molecule has 1 aromatic rings.